The molecule has 5 nitrogen and oxygen atoms in total. The second-order valence-corrected chi connectivity index (χ2v) is 6.56. The van der Waals surface area contributed by atoms with Gasteiger partial charge in [-0.15, -0.1) is 0 Å². The van der Waals surface area contributed by atoms with Crippen LogP contribution in [0.5, 0.6) is 0 Å². The summed E-state index contributed by atoms with van der Waals surface area (Å²) < 4.78 is 3.09. The summed E-state index contributed by atoms with van der Waals surface area (Å²) in [5.74, 6) is 0. The second kappa shape index (κ2) is 5.18. The summed E-state index contributed by atoms with van der Waals surface area (Å²) >= 11 is 1.76. The molecule has 1 fully saturated rings. The zero-order chi connectivity index (χ0) is 14.3. The normalized spacial score (nSPS) is 17.1. The zero-order valence-electron chi connectivity index (χ0n) is 12.4. The first-order valence-corrected chi connectivity index (χ1v) is 7.78. The van der Waals surface area contributed by atoms with Crippen LogP contribution in [0.2, 0.25) is 0 Å². The summed E-state index contributed by atoms with van der Waals surface area (Å²) in [6, 6.07) is 0. The van der Waals surface area contributed by atoms with Crippen LogP contribution in [0.4, 0.5) is 5.13 Å². The first-order chi connectivity index (χ1) is 9.54. The predicted molar refractivity (Wildman–Crippen MR) is 84.6 cm³/mol. The van der Waals surface area contributed by atoms with Gasteiger partial charge in [0.2, 0.25) is 0 Å². The summed E-state index contributed by atoms with van der Waals surface area (Å²) in [4.78, 5) is 9.60. The fourth-order valence-electron chi connectivity index (χ4n) is 2.69. The van der Waals surface area contributed by atoms with Crippen LogP contribution >= 0.6 is 11.3 Å². The van der Waals surface area contributed by atoms with Crippen LogP contribution in [0.3, 0.4) is 0 Å². The van der Waals surface area contributed by atoms with Crippen LogP contribution in [0, 0.1) is 6.92 Å². The number of anilines is 1. The minimum Gasteiger partial charge on any atom is -0.345 e. The summed E-state index contributed by atoms with van der Waals surface area (Å²) in [6.45, 7) is 13.4. The predicted octanol–water partition coefficient (Wildman–Crippen LogP) is 2.04. The molecule has 6 heteroatoms. The van der Waals surface area contributed by atoms with Gasteiger partial charge in [0.15, 0.2) is 10.8 Å². The Morgan fingerprint density at radius 3 is 2.60 bits per heavy atom. The van der Waals surface area contributed by atoms with Crippen LogP contribution in [-0.4, -0.2) is 52.4 Å². The van der Waals surface area contributed by atoms with E-state index in [9.17, 15) is 0 Å². The van der Waals surface area contributed by atoms with Crippen molar-refractivity contribution in [3.05, 3.63) is 17.8 Å². The molecule has 20 heavy (non-hydrogen) atoms. The molecule has 0 unspecified atom stereocenters. The molecule has 1 aliphatic rings. The van der Waals surface area contributed by atoms with Gasteiger partial charge in [-0.2, -0.15) is 5.10 Å². The van der Waals surface area contributed by atoms with Crippen molar-refractivity contribution in [1.29, 1.82) is 0 Å². The molecule has 108 valence electrons. The summed E-state index contributed by atoms with van der Waals surface area (Å²) in [5, 5.41) is 5.54. The van der Waals surface area contributed by atoms with E-state index in [1.54, 1.807) is 11.3 Å². The third-order valence-electron chi connectivity index (χ3n) is 3.67. The van der Waals surface area contributed by atoms with E-state index in [1.165, 1.54) is 10.3 Å². The number of piperazine rings is 1. The Bertz CT molecular complexity index is 599. The lowest BCUT2D eigenvalue weighted by atomic mass is 10.2. The van der Waals surface area contributed by atoms with E-state index < -0.39 is 0 Å². The molecule has 0 aromatic carbocycles. The van der Waals surface area contributed by atoms with Crippen molar-refractivity contribution in [1.82, 2.24) is 19.7 Å². The van der Waals surface area contributed by atoms with Crippen molar-refractivity contribution in [2.45, 2.75) is 13.8 Å². The largest absolute Gasteiger partial charge is 0.345 e. The molecule has 0 atom stereocenters. The molecule has 0 N–H and O–H groups in total. The van der Waals surface area contributed by atoms with E-state index in [4.69, 9.17) is 4.98 Å². The van der Waals surface area contributed by atoms with Gasteiger partial charge in [0.1, 0.15) is 0 Å². The molecule has 2 aromatic heterocycles. The van der Waals surface area contributed by atoms with Crippen molar-refractivity contribution in [3.63, 3.8) is 0 Å². The smallest absolute Gasteiger partial charge is 0.188 e. The molecule has 1 aliphatic heterocycles. The minimum absolute atomic E-state index is 1.01. The lowest BCUT2D eigenvalue weighted by Crippen LogP contribution is -2.46. The molecule has 3 rings (SSSR count). The standard InChI is InChI=1S/C14H21N5S/c1-10(2)9-18-5-7-19(8-6-18)14-15-13-12(20-14)11(3)16-17(13)4/h1,5-9H2,2-4H3. The first kappa shape index (κ1) is 13.6. The fourth-order valence-corrected chi connectivity index (χ4v) is 3.77. The minimum atomic E-state index is 1.01. The molecule has 0 spiro atoms. The number of nitrogens with zero attached hydrogens (tertiary/aromatic N) is 5. The molecular weight excluding hydrogens is 270 g/mol. The average molecular weight is 291 g/mol. The molecule has 2 aromatic rings. The SMILES string of the molecule is C=C(C)CN1CCN(c2nc3c(s2)c(C)nn3C)CC1. The fraction of sp³-hybridized carbons (Fsp3) is 0.571. The Hall–Kier alpha value is -1.40. The summed E-state index contributed by atoms with van der Waals surface area (Å²) in [5.41, 5.74) is 3.32. The van der Waals surface area contributed by atoms with E-state index in [0.717, 1.165) is 49.2 Å². The molecular formula is C14H21N5S. The summed E-state index contributed by atoms with van der Waals surface area (Å²) in [6.07, 6.45) is 0. The van der Waals surface area contributed by atoms with Gasteiger partial charge in [0.05, 0.1) is 10.4 Å². The highest BCUT2D eigenvalue weighted by atomic mass is 32.1. The van der Waals surface area contributed by atoms with Crippen molar-refractivity contribution in [2.75, 3.05) is 37.6 Å². The van der Waals surface area contributed by atoms with E-state index >= 15 is 0 Å². The maximum absolute atomic E-state index is 4.75. The lowest BCUT2D eigenvalue weighted by molar-refractivity contribution is 0.278. The van der Waals surface area contributed by atoms with Gasteiger partial charge in [0, 0.05) is 39.8 Å². The molecule has 0 radical (unpaired) electrons. The second-order valence-electron chi connectivity index (χ2n) is 5.58. The number of aryl methyl sites for hydroxylation is 2. The highest BCUT2D eigenvalue weighted by molar-refractivity contribution is 7.22. The maximum atomic E-state index is 4.75. The van der Waals surface area contributed by atoms with Gasteiger partial charge in [-0.05, 0) is 13.8 Å². The monoisotopic (exact) mass is 291 g/mol. The Morgan fingerprint density at radius 1 is 1.30 bits per heavy atom. The van der Waals surface area contributed by atoms with Crippen LogP contribution < -0.4 is 4.90 Å². The lowest BCUT2D eigenvalue weighted by Gasteiger charge is -2.34. The Labute approximate surface area is 123 Å². The zero-order valence-corrected chi connectivity index (χ0v) is 13.2. The number of thiazole rings is 1. The Morgan fingerprint density at radius 2 is 2.00 bits per heavy atom. The van der Waals surface area contributed by atoms with Crippen LogP contribution in [-0.2, 0) is 7.05 Å². The van der Waals surface area contributed by atoms with E-state index in [0.29, 0.717) is 0 Å². The number of hydrogen-bond acceptors (Lipinski definition) is 5. The molecule has 0 aliphatic carbocycles. The van der Waals surface area contributed by atoms with Gasteiger partial charge >= 0.3 is 0 Å². The number of aromatic nitrogens is 3. The highest BCUT2D eigenvalue weighted by Crippen LogP contribution is 2.31. The molecule has 0 bridgehead atoms. The van der Waals surface area contributed by atoms with Crippen molar-refractivity contribution >= 4 is 26.8 Å². The topological polar surface area (TPSA) is 37.2 Å². The van der Waals surface area contributed by atoms with Crippen molar-refractivity contribution in [3.8, 4) is 0 Å². The molecule has 0 saturated carbocycles. The molecule has 1 saturated heterocycles. The van der Waals surface area contributed by atoms with E-state index in [2.05, 4.69) is 35.3 Å². The van der Waals surface area contributed by atoms with Crippen molar-refractivity contribution in [2.24, 2.45) is 7.05 Å². The van der Waals surface area contributed by atoms with Crippen molar-refractivity contribution < 1.29 is 0 Å². The van der Waals surface area contributed by atoms with Gasteiger partial charge in [0.25, 0.3) is 0 Å². The van der Waals surface area contributed by atoms with Gasteiger partial charge in [-0.1, -0.05) is 23.5 Å². The van der Waals surface area contributed by atoms with Gasteiger partial charge in [-0.25, -0.2) is 9.67 Å². The van der Waals surface area contributed by atoms with E-state index in [-0.39, 0.29) is 0 Å². The number of rotatable bonds is 3. The first-order valence-electron chi connectivity index (χ1n) is 6.96. The Balaban J connectivity index is 1.73. The number of hydrogen-bond donors (Lipinski definition) is 0. The van der Waals surface area contributed by atoms with Crippen LogP contribution in [0.25, 0.3) is 10.3 Å². The van der Waals surface area contributed by atoms with Gasteiger partial charge < -0.3 is 4.90 Å². The molecule has 0 amide bonds. The van der Waals surface area contributed by atoms with Crippen LogP contribution in [0.15, 0.2) is 12.2 Å². The highest BCUT2D eigenvalue weighted by Gasteiger charge is 2.21. The third kappa shape index (κ3) is 2.45. The quantitative estimate of drug-likeness (QED) is 0.811. The van der Waals surface area contributed by atoms with Gasteiger partial charge in [-0.3, -0.25) is 4.90 Å². The maximum Gasteiger partial charge on any atom is 0.188 e. The third-order valence-corrected chi connectivity index (χ3v) is 4.88. The van der Waals surface area contributed by atoms with Crippen LogP contribution in [0.1, 0.15) is 12.6 Å². The summed E-state index contributed by atoms with van der Waals surface area (Å²) in [7, 11) is 1.96. The number of fused-ring (bicyclic) bond motifs is 1. The average Bonchev–Trinajstić information content (AvgIpc) is 2.93. The van der Waals surface area contributed by atoms with E-state index in [1.807, 2.05) is 11.7 Å². The Kier molecular flexibility index (Phi) is 3.52. The molecule has 3 heterocycles.